The van der Waals surface area contributed by atoms with Crippen LogP contribution in [0.5, 0.6) is 0 Å². The summed E-state index contributed by atoms with van der Waals surface area (Å²) >= 11 is 5.28. The molecule has 2 nitrogen and oxygen atoms in total. The molecule has 0 bridgehead atoms. The van der Waals surface area contributed by atoms with E-state index >= 15 is 0 Å². The number of carboxylic acid groups (broad SMARTS) is 1. The Hall–Kier alpha value is -1.16. The van der Waals surface area contributed by atoms with E-state index in [4.69, 9.17) is 16.7 Å². The Balaban J connectivity index is 3.30. The van der Waals surface area contributed by atoms with Crippen molar-refractivity contribution >= 4 is 17.6 Å². The lowest BCUT2D eigenvalue weighted by Crippen LogP contribution is -2.01. The molecule has 0 fully saturated rings. The first-order valence-electron chi connectivity index (χ1n) is 3.33. The number of benzene rings is 1. The molecular formula is C8H5ClF2O2. The molecule has 0 heterocycles. The third-order valence-electron chi connectivity index (χ3n) is 1.49. The highest BCUT2D eigenvalue weighted by molar-refractivity contribution is 6.17. The summed E-state index contributed by atoms with van der Waals surface area (Å²) in [7, 11) is 0. The third-order valence-corrected chi connectivity index (χ3v) is 1.78. The second-order valence-corrected chi connectivity index (χ2v) is 2.64. The van der Waals surface area contributed by atoms with Crippen LogP contribution >= 0.6 is 11.6 Å². The quantitative estimate of drug-likeness (QED) is 0.755. The number of alkyl halides is 1. The van der Waals surface area contributed by atoms with E-state index in [9.17, 15) is 13.6 Å². The average molecular weight is 207 g/mol. The second kappa shape index (κ2) is 3.70. The molecule has 0 saturated heterocycles. The molecule has 1 aromatic carbocycles. The summed E-state index contributed by atoms with van der Waals surface area (Å²) in [6.07, 6.45) is 0. The Labute approximate surface area is 77.8 Å². The lowest BCUT2D eigenvalue weighted by atomic mass is 10.1. The molecule has 0 aliphatic rings. The van der Waals surface area contributed by atoms with Crippen LogP contribution in [0.2, 0.25) is 0 Å². The second-order valence-electron chi connectivity index (χ2n) is 2.37. The summed E-state index contributed by atoms with van der Waals surface area (Å²) in [6, 6.07) is 1.63. The van der Waals surface area contributed by atoms with Gasteiger partial charge in [0, 0.05) is 5.56 Å². The van der Waals surface area contributed by atoms with E-state index in [0.717, 1.165) is 6.07 Å². The van der Waals surface area contributed by atoms with Gasteiger partial charge in [-0.15, -0.1) is 11.6 Å². The van der Waals surface area contributed by atoms with Gasteiger partial charge < -0.3 is 5.11 Å². The van der Waals surface area contributed by atoms with E-state index < -0.39 is 17.6 Å². The fourth-order valence-corrected chi connectivity index (χ4v) is 1.06. The maximum atomic E-state index is 12.8. The first-order chi connectivity index (χ1) is 6.06. The van der Waals surface area contributed by atoms with Crippen LogP contribution in [0.15, 0.2) is 12.1 Å². The van der Waals surface area contributed by atoms with Crippen molar-refractivity contribution in [2.45, 2.75) is 5.88 Å². The van der Waals surface area contributed by atoms with E-state index in [-0.39, 0.29) is 17.0 Å². The zero-order valence-corrected chi connectivity index (χ0v) is 7.11. The molecule has 0 saturated carbocycles. The third kappa shape index (κ3) is 1.95. The number of halogens is 3. The fraction of sp³-hybridized carbons (Fsp3) is 0.125. The van der Waals surface area contributed by atoms with Crippen molar-refractivity contribution in [3.63, 3.8) is 0 Å². The summed E-state index contributed by atoms with van der Waals surface area (Å²) in [5, 5.41) is 8.49. The monoisotopic (exact) mass is 206 g/mol. The van der Waals surface area contributed by atoms with E-state index in [1.807, 2.05) is 0 Å². The summed E-state index contributed by atoms with van der Waals surface area (Å²) < 4.78 is 25.5. The standard InChI is InChI=1S/C8H5ClF2O2/c9-3-5-1-4(8(12)13)2-6(10)7(5)11/h1-2H,3H2,(H,12,13). The van der Waals surface area contributed by atoms with Crippen LogP contribution in [0.25, 0.3) is 0 Å². The number of hydrogen-bond donors (Lipinski definition) is 1. The Bertz CT molecular complexity index is 352. The van der Waals surface area contributed by atoms with Crippen LogP contribution in [-0.4, -0.2) is 11.1 Å². The van der Waals surface area contributed by atoms with Crippen molar-refractivity contribution in [1.29, 1.82) is 0 Å². The van der Waals surface area contributed by atoms with Crippen molar-refractivity contribution in [3.8, 4) is 0 Å². The Morgan fingerprint density at radius 2 is 2.08 bits per heavy atom. The molecule has 5 heteroatoms. The van der Waals surface area contributed by atoms with Gasteiger partial charge in [0.1, 0.15) is 0 Å². The van der Waals surface area contributed by atoms with Crippen molar-refractivity contribution in [1.82, 2.24) is 0 Å². The molecule has 0 aliphatic carbocycles. The summed E-state index contributed by atoms with van der Waals surface area (Å²) in [5.74, 6) is -3.87. The van der Waals surface area contributed by atoms with Gasteiger partial charge in [-0.1, -0.05) is 0 Å². The molecule has 0 aromatic heterocycles. The minimum absolute atomic E-state index is 0.154. The SMILES string of the molecule is O=C(O)c1cc(F)c(F)c(CCl)c1. The number of aromatic carboxylic acids is 1. The molecule has 70 valence electrons. The van der Waals surface area contributed by atoms with E-state index in [0.29, 0.717) is 6.07 Å². The van der Waals surface area contributed by atoms with Gasteiger partial charge in [0.25, 0.3) is 0 Å². The number of rotatable bonds is 2. The van der Waals surface area contributed by atoms with Crippen LogP contribution in [0.4, 0.5) is 8.78 Å². The van der Waals surface area contributed by atoms with Crippen molar-refractivity contribution in [2.75, 3.05) is 0 Å². The normalized spacial score (nSPS) is 10.1. The smallest absolute Gasteiger partial charge is 0.335 e. The molecule has 0 spiro atoms. The molecule has 1 N–H and O–H groups in total. The van der Waals surface area contributed by atoms with Gasteiger partial charge in [0.05, 0.1) is 11.4 Å². The lowest BCUT2D eigenvalue weighted by molar-refractivity contribution is 0.0696. The Kier molecular flexibility index (Phi) is 2.83. The van der Waals surface area contributed by atoms with Gasteiger partial charge in [-0.2, -0.15) is 0 Å². The van der Waals surface area contributed by atoms with Gasteiger partial charge >= 0.3 is 5.97 Å². The van der Waals surface area contributed by atoms with Crippen LogP contribution in [-0.2, 0) is 5.88 Å². The predicted molar refractivity (Wildman–Crippen MR) is 42.9 cm³/mol. The minimum Gasteiger partial charge on any atom is -0.478 e. The number of hydrogen-bond acceptors (Lipinski definition) is 1. The van der Waals surface area contributed by atoms with E-state index in [1.54, 1.807) is 0 Å². The molecule has 0 amide bonds. The van der Waals surface area contributed by atoms with Gasteiger partial charge in [0.2, 0.25) is 0 Å². The Morgan fingerprint density at radius 3 is 2.54 bits per heavy atom. The zero-order valence-electron chi connectivity index (χ0n) is 6.35. The number of carboxylic acids is 1. The molecule has 1 rings (SSSR count). The molecule has 0 unspecified atom stereocenters. The first-order valence-corrected chi connectivity index (χ1v) is 3.87. The lowest BCUT2D eigenvalue weighted by Gasteiger charge is -2.01. The summed E-state index contributed by atoms with van der Waals surface area (Å²) in [6.45, 7) is 0. The van der Waals surface area contributed by atoms with E-state index in [2.05, 4.69) is 0 Å². The van der Waals surface area contributed by atoms with Gasteiger partial charge in [-0.25, -0.2) is 13.6 Å². The molecule has 0 atom stereocenters. The maximum Gasteiger partial charge on any atom is 0.335 e. The highest BCUT2D eigenvalue weighted by Gasteiger charge is 2.13. The predicted octanol–water partition coefficient (Wildman–Crippen LogP) is 2.40. The maximum absolute atomic E-state index is 12.8. The fourth-order valence-electron chi connectivity index (χ4n) is 0.867. The van der Waals surface area contributed by atoms with Crippen LogP contribution in [0, 0.1) is 11.6 Å². The van der Waals surface area contributed by atoms with Crippen molar-refractivity contribution in [2.24, 2.45) is 0 Å². The number of carbonyl (C=O) groups is 1. The highest BCUT2D eigenvalue weighted by atomic mass is 35.5. The van der Waals surface area contributed by atoms with Crippen LogP contribution < -0.4 is 0 Å². The van der Waals surface area contributed by atoms with E-state index in [1.165, 1.54) is 0 Å². The van der Waals surface area contributed by atoms with Crippen LogP contribution in [0.1, 0.15) is 15.9 Å². The molecule has 1 aromatic rings. The van der Waals surface area contributed by atoms with Gasteiger partial charge in [-0.3, -0.25) is 0 Å². The average Bonchev–Trinajstić information content (AvgIpc) is 2.09. The topological polar surface area (TPSA) is 37.3 Å². The largest absolute Gasteiger partial charge is 0.478 e. The minimum atomic E-state index is -1.31. The van der Waals surface area contributed by atoms with Gasteiger partial charge in [0.15, 0.2) is 11.6 Å². The summed E-state index contributed by atoms with van der Waals surface area (Å²) in [4.78, 5) is 10.4. The first kappa shape index (κ1) is 9.92. The molecule has 0 radical (unpaired) electrons. The zero-order chi connectivity index (χ0) is 10.0. The summed E-state index contributed by atoms with van der Waals surface area (Å²) in [5.41, 5.74) is -0.464. The van der Waals surface area contributed by atoms with Crippen molar-refractivity contribution in [3.05, 3.63) is 34.9 Å². The van der Waals surface area contributed by atoms with Crippen molar-refractivity contribution < 1.29 is 18.7 Å². The molecule has 13 heavy (non-hydrogen) atoms. The molecular weight excluding hydrogens is 202 g/mol. The molecule has 0 aliphatic heterocycles. The Morgan fingerprint density at radius 1 is 1.46 bits per heavy atom. The van der Waals surface area contributed by atoms with Gasteiger partial charge in [-0.05, 0) is 12.1 Å². The highest BCUT2D eigenvalue weighted by Crippen LogP contribution is 2.16. The van der Waals surface area contributed by atoms with Crippen LogP contribution in [0.3, 0.4) is 0 Å².